The van der Waals surface area contributed by atoms with E-state index in [1.54, 1.807) is 0 Å². The third-order valence-corrected chi connectivity index (χ3v) is 2.93. The molecule has 0 saturated carbocycles. The van der Waals surface area contributed by atoms with Crippen LogP contribution in [0.15, 0.2) is 6.07 Å². The van der Waals surface area contributed by atoms with Crippen LogP contribution in [-0.2, 0) is 0 Å². The van der Waals surface area contributed by atoms with Crippen LogP contribution in [0.2, 0.25) is 0 Å². The zero-order valence-corrected chi connectivity index (χ0v) is 11.9. The predicted octanol–water partition coefficient (Wildman–Crippen LogP) is 2.73. The van der Waals surface area contributed by atoms with E-state index >= 15 is 0 Å². The van der Waals surface area contributed by atoms with E-state index in [-0.39, 0.29) is 6.61 Å². The van der Waals surface area contributed by atoms with Crippen molar-refractivity contribution in [1.82, 2.24) is 9.97 Å². The molecule has 4 heteroatoms. The SMILES string of the molecule is Cc1cc(C(C)C)nc(NCCCC(C)CO)n1. The molecule has 1 unspecified atom stereocenters. The molecule has 0 aliphatic carbocycles. The van der Waals surface area contributed by atoms with Gasteiger partial charge in [-0.2, -0.15) is 0 Å². The lowest BCUT2D eigenvalue weighted by Gasteiger charge is -2.11. The predicted molar refractivity (Wildman–Crippen MR) is 74.8 cm³/mol. The molecule has 0 amide bonds. The number of aliphatic hydroxyl groups excluding tert-OH is 1. The normalized spacial score (nSPS) is 12.8. The number of aryl methyl sites for hydroxylation is 1. The van der Waals surface area contributed by atoms with Crippen molar-refractivity contribution in [1.29, 1.82) is 0 Å². The van der Waals surface area contributed by atoms with Crippen molar-refractivity contribution in [3.8, 4) is 0 Å². The van der Waals surface area contributed by atoms with Crippen molar-refractivity contribution in [3.63, 3.8) is 0 Å². The molecule has 18 heavy (non-hydrogen) atoms. The highest BCUT2D eigenvalue weighted by atomic mass is 16.3. The van der Waals surface area contributed by atoms with Gasteiger partial charge in [-0.15, -0.1) is 0 Å². The molecule has 0 radical (unpaired) electrons. The fraction of sp³-hybridized carbons (Fsp3) is 0.714. The number of rotatable bonds is 7. The number of hydrogen-bond acceptors (Lipinski definition) is 4. The van der Waals surface area contributed by atoms with Crippen molar-refractivity contribution in [2.45, 2.75) is 46.5 Å². The third kappa shape index (κ3) is 5.00. The molecule has 0 saturated heterocycles. The van der Waals surface area contributed by atoms with Gasteiger partial charge in [-0.1, -0.05) is 20.8 Å². The van der Waals surface area contributed by atoms with Crippen LogP contribution in [-0.4, -0.2) is 28.2 Å². The van der Waals surface area contributed by atoms with Crippen molar-refractivity contribution in [3.05, 3.63) is 17.5 Å². The van der Waals surface area contributed by atoms with Crippen LogP contribution < -0.4 is 5.32 Å². The Morgan fingerprint density at radius 3 is 2.61 bits per heavy atom. The van der Waals surface area contributed by atoms with Gasteiger partial charge in [0.05, 0.1) is 0 Å². The number of nitrogens with zero attached hydrogens (tertiary/aromatic N) is 2. The van der Waals surface area contributed by atoms with Crippen LogP contribution in [0, 0.1) is 12.8 Å². The van der Waals surface area contributed by atoms with Crippen LogP contribution in [0.3, 0.4) is 0 Å². The monoisotopic (exact) mass is 251 g/mol. The largest absolute Gasteiger partial charge is 0.396 e. The van der Waals surface area contributed by atoms with E-state index in [1.807, 2.05) is 13.0 Å². The summed E-state index contributed by atoms with van der Waals surface area (Å²) in [6.07, 6.45) is 2.04. The second-order valence-electron chi connectivity index (χ2n) is 5.27. The average molecular weight is 251 g/mol. The van der Waals surface area contributed by atoms with Crippen LogP contribution >= 0.6 is 0 Å². The molecule has 1 aromatic heterocycles. The highest BCUT2D eigenvalue weighted by molar-refractivity contribution is 5.28. The molecule has 4 nitrogen and oxygen atoms in total. The number of aromatic nitrogens is 2. The molecule has 1 heterocycles. The summed E-state index contributed by atoms with van der Waals surface area (Å²) in [6, 6.07) is 2.03. The summed E-state index contributed by atoms with van der Waals surface area (Å²) in [5.41, 5.74) is 2.08. The van der Waals surface area contributed by atoms with E-state index in [9.17, 15) is 0 Å². The van der Waals surface area contributed by atoms with Gasteiger partial charge in [-0.25, -0.2) is 9.97 Å². The second kappa shape index (κ2) is 7.31. The first-order chi connectivity index (χ1) is 8.52. The zero-order valence-electron chi connectivity index (χ0n) is 11.9. The molecule has 2 N–H and O–H groups in total. The Morgan fingerprint density at radius 2 is 2.00 bits per heavy atom. The molecule has 0 aliphatic rings. The van der Waals surface area contributed by atoms with Gasteiger partial charge in [-0.05, 0) is 37.7 Å². The number of aliphatic hydroxyl groups is 1. The molecule has 0 fully saturated rings. The fourth-order valence-corrected chi connectivity index (χ4v) is 1.71. The van der Waals surface area contributed by atoms with E-state index in [2.05, 4.69) is 36.1 Å². The van der Waals surface area contributed by atoms with Crippen molar-refractivity contribution >= 4 is 5.95 Å². The topological polar surface area (TPSA) is 58.0 Å². The Kier molecular flexibility index (Phi) is 6.05. The third-order valence-electron chi connectivity index (χ3n) is 2.93. The highest BCUT2D eigenvalue weighted by Gasteiger charge is 2.05. The smallest absolute Gasteiger partial charge is 0.223 e. The fourth-order valence-electron chi connectivity index (χ4n) is 1.71. The summed E-state index contributed by atoms with van der Waals surface area (Å²) >= 11 is 0. The van der Waals surface area contributed by atoms with Gasteiger partial charge in [-0.3, -0.25) is 0 Å². The number of hydrogen-bond donors (Lipinski definition) is 2. The maximum atomic E-state index is 8.94. The number of nitrogens with one attached hydrogen (secondary N) is 1. The quantitative estimate of drug-likeness (QED) is 0.732. The molecule has 0 bridgehead atoms. The van der Waals surface area contributed by atoms with Gasteiger partial charge in [0.25, 0.3) is 0 Å². The number of anilines is 1. The average Bonchev–Trinajstić information content (AvgIpc) is 2.33. The van der Waals surface area contributed by atoms with Gasteiger partial charge in [0.1, 0.15) is 0 Å². The maximum Gasteiger partial charge on any atom is 0.223 e. The van der Waals surface area contributed by atoms with E-state index in [0.717, 1.165) is 36.7 Å². The molecule has 0 aliphatic heterocycles. The Morgan fingerprint density at radius 1 is 1.28 bits per heavy atom. The lowest BCUT2D eigenvalue weighted by atomic mass is 10.1. The summed E-state index contributed by atoms with van der Waals surface area (Å²) in [5, 5.41) is 12.2. The molecule has 0 spiro atoms. The summed E-state index contributed by atoms with van der Waals surface area (Å²) in [5.74, 6) is 1.51. The Bertz CT molecular complexity index is 366. The summed E-state index contributed by atoms with van der Waals surface area (Å²) in [6.45, 7) is 9.43. The van der Waals surface area contributed by atoms with E-state index in [4.69, 9.17) is 5.11 Å². The minimum absolute atomic E-state index is 0.262. The van der Waals surface area contributed by atoms with Crippen molar-refractivity contribution in [2.75, 3.05) is 18.5 Å². The van der Waals surface area contributed by atoms with Gasteiger partial charge >= 0.3 is 0 Å². The minimum Gasteiger partial charge on any atom is -0.396 e. The van der Waals surface area contributed by atoms with E-state index in [0.29, 0.717) is 11.8 Å². The molecule has 1 aromatic rings. The van der Waals surface area contributed by atoms with E-state index in [1.165, 1.54) is 0 Å². The Hall–Kier alpha value is -1.16. The van der Waals surface area contributed by atoms with Gasteiger partial charge in [0.2, 0.25) is 5.95 Å². The highest BCUT2D eigenvalue weighted by Crippen LogP contribution is 2.14. The van der Waals surface area contributed by atoms with Gasteiger partial charge in [0.15, 0.2) is 0 Å². The molecule has 1 atom stereocenters. The molecule has 0 aromatic carbocycles. The first kappa shape index (κ1) is 14.9. The van der Waals surface area contributed by atoms with Crippen LogP contribution in [0.4, 0.5) is 5.95 Å². The van der Waals surface area contributed by atoms with Crippen LogP contribution in [0.25, 0.3) is 0 Å². The second-order valence-corrected chi connectivity index (χ2v) is 5.27. The lowest BCUT2D eigenvalue weighted by Crippen LogP contribution is -2.10. The van der Waals surface area contributed by atoms with Crippen molar-refractivity contribution in [2.24, 2.45) is 5.92 Å². The first-order valence-corrected chi connectivity index (χ1v) is 6.73. The minimum atomic E-state index is 0.262. The zero-order chi connectivity index (χ0) is 13.5. The van der Waals surface area contributed by atoms with Gasteiger partial charge in [0, 0.05) is 24.5 Å². The van der Waals surface area contributed by atoms with Gasteiger partial charge < -0.3 is 10.4 Å². The molecular weight excluding hydrogens is 226 g/mol. The first-order valence-electron chi connectivity index (χ1n) is 6.73. The maximum absolute atomic E-state index is 8.94. The van der Waals surface area contributed by atoms with Crippen molar-refractivity contribution < 1.29 is 5.11 Å². The summed E-state index contributed by atoms with van der Waals surface area (Å²) < 4.78 is 0. The van der Waals surface area contributed by atoms with Crippen LogP contribution in [0.5, 0.6) is 0 Å². The van der Waals surface area contributed by atoms with E-state index < -0.39 is 0 Å². The summed E-state index contributed by atoms with van der Waals surface area (Å²) in [4.78, 5) is 8.88. The summed E-state index contributed by atoms with van der Waals surface area (Å²) in [7, 11) is 0. The Labute approximate surface area is 110 Å². The lowest BCUT2D eigenvalue weighted by molar-refractivity contribution is 0.229. The van der Waals surface area contributed by atoms with Crippen LogP contribution in [0.1, 0.15) is 50.9 Å². The Balaban J connectivity index is 2.47. The standard InChI is InChI=1S/C14H25N3O/c1-10(2)13-8-12(4)16-14(17-13)15-7-5-6-11(3)9-18/h8,10-11,18H,5-7,9H2,1-4H3,(H,15,16,17). The molecule has 1 rings (SSSR count). The molecule has 102 valence electrons. The molecular formula is C14H25N3O.